The van der Waals surface area contributed by atoms with Crippen LogP contribution in [0.15, 0.2) is 0 Å². The van der Waals surface area contributed by atoms with Crippen molar-refractivity contribution >= 4 is 11.8 Å². The molecule has 3 heteroatoms. The number of aliphatic hydroxyl groups excluding tert-OH is 1. The summed E-state index contributed by atoms with van der Waals surface area (Å²) in [6.45, 7) is 3.92. The van der Waals surface area contributed by atoms with Crippen molar-refractivity contribution in [2.45, 2.75) is 45.1 Å². The molecule has 0 radical (unpaired) electrons. The van der Waals surface area contributed by atoms with E-state index in [0.29, 0.717) is 0 Å². The Morgan fingerprint density at radius 3 is 2.80 bits per heavy atom. The van der Waals surface area contributed by atoms with Crippen LogP contribution in [0.5, 0.6) is 0 Å². The van der Waals surface area contributed by atoms with Gasteiger partial charge in [0.15, 0.2) is 0 Å². The fraction of sp³-hybridized carbons (Fsp3) is 1.00. The molecule has 0 saturated heterocycles. The van der Waals surface area contributed by atoms with Crippen LogP contribution < -0.4 is 5.32 Å². The molecule has 1 aliphatic rings. The second-order valence-corrected chi connectivity index (χ2v) is 5.62. The number of nitrogens with one attached hydrogen (secondary N) is 1. The molecule has 0 aromatic rings. The lowest BCUT2D eigenvalue weighted by Gasteiger charge is -2.13. The van der Waals surface area contributed by atoms with Crippen molar-refractivity contribution in [3.8, 4) is 0 Å². The van der Waals surface area contributed by atoms with Gasteiger partial charge in [-0.05, 0) is 37.5 Å². The molecule has 1 aliphatic carbocycles. The Bertz CT molecular complexity index is 149. The molecule has 1 rings (SSSR count). The molecule has 0 heterocycles. The van der Waals surface area contributed by atoms with E-state index in [1.807, 2.05) is 11.8 Å². The SMILES string of the molecule is CCCNCC(O)CSCC1CCCC1. The Balaban J connectivity index is 1.89. The van der Waals surface area contributed by atoms with Gasteiger partial charge in [-0.3, -0.25) is 0 Å². The fourth-order valence-electron chi connectivity index (χ4n) is 2.05. The first-order valence-electron chi connectivity index (χ1n) is 6.29. The molecular formula is C12H25NOS. The Morgan fingerprint density at radius 2 is 2.13 bits per heavy atom. The highest BCUT2D eigenvalue weighted by Crippen LogP contribution is 2.27. The molecule has 2 nitrogen and oxygen atoms in total. The van der Waals surface area contributed by atoms with Gasteiger partial charge in [0.2, 0.25) is 0 Å². The number of aliphatic hydroxyl groups is 1. The van der Waals surface area contributed by atoms with Gasteiger partial charge in [-0.1, -0.05) is 19.8 Å². The van der Waals surface area contributed by atoms with Crippen molar-refractivity contribution in [2.24, 2.45) is 5.92 Å². The van der Waals surface area contributed by atoms with Crippen LogP contribution in [-0.4, -0.2) is 35.8 Å². The molecule has 1 unspecified atom stereocenters. The average Bonchev–Trinajstić information content (AvgIpc) is 2.71. The highest BCUT2D eigenvalue weighted by molar-refractivity contribution is 7.99. The van der Waals surface area contributed by atoms with Crippen LogP contribution in [0.1, 0.15) is 39.0 Å². The van der Waals surface area contributed by atoms with Crippen molar-refractivity contribution in [1.29, 1.82) is 0 Å². The molecule has 2 N–H and O–H groups in total. The lowest BCUT2D eigenvalue weighted by Crippen LogP contribution is -2.29. The maximum Gasteiger partial charge on any atom is 0.0754 e. The third-order valence-corrected chi connectivity index (χ3v) is 4.27. The first-order valence-corrected chi connectivity index (χ1v) is 7.45. The molecule has 90 valence electrons. The largest absolute Gasteiger partial charge is 0.391 e. The minimum atomic E-state index is -0.164. The molecule has 0 aromatic heterocycles. The monoisotopic (exact) mass is 231 g/mol. The number of thioether (sulfide) groups is 1. The third kappa shape index (κ3) is 6.44. The Morgan fingerprint density at radius 1 is 1.40 bits per heavy atom. The van der Waals surface area contributed by atoms with E-state index >= 15 is 0 Å². The zero-order valence-corrected chi connectivity index (χ0v) is 10.7. The normalized spacial score (nSPS) is 19.6. The first-order chi connectivity index (χ1) is 7.33. The van der Waals surface area contributed by atoms with Gasteiger partial charge in [0.1, 0.15) is 0 Å². The van der Waals surface area contributed by atoms with E-state index in [1.54, 1.807) is 0 Å². The average molecular weight is 231 g/mol. The third-order valence-electron chi connectivity index (χ3n) is 2.95. The van der Waals surface area contributed by atoms with Crippen LogP contribution in [0.3, 0.4) is 0 Å². The predicted molar refractivity (Wildman–Crippen MR) is 68.5 cm³/mol. The van der Waals surface area contributed by atoms with Gasteiger partial charge in [0.05, 0.1) is 6.10 Å². The van der Waals surface area contributed by atoms with Crippen molar-refractivity contribution in [3.05, 3.63) is 0 Å². The smallest absolute Gasteiger partial charge is 0.0754 e. The van der Waals surface area contributed by atoms with E-state index in [1.165, 1.54) is 31.4 Å². The molecule has 15 heavy (non-hydrogen) atoms. The highest BCUT2D eigenvalue weighted by atomic mass is 32.2. The topological polar surface area (TPSA) is 32.3 Å². The van der Waals surface area contributed by atoms with E-state index in [4.69, 9.17) is 0 Å². The van der Waals surface area contributed by atoms with Gasteiger partial charge in [0.25, 0.3) is 0 Å². The number of rotatable bonds is 8. The summed E-state index contributed by atoms with van der Waals surface area (Å²) in [5, 5.41) is 12.9. The first kappa shape index (κ1) is 13.3. The van der Waals surface area contributed by atoms with Gasteiger partial charge in [0, 0.05) is 12.3 Å². The molecule has 0 bridgehead atoms. The summed E-state index contributed by atoms with van der Waals surface area (Å²) in [5.74, 6) is 3.09. The molecule has 1 saturated carbocycles. The van der Waals surface area contributed by atoms with Gasteiger partial charge in [-0.15, -0.1) is 0 Å². The summed E-state index contributed by atoms with van der Waals surface area (Å²) in [4.78, 5) is 0. The molecule has 1 atom stereocenters. The molecule has 1 fully saturated rings. The second kappa shape index (κ2) is 8.43. The van der Waals surface area contributed by atoms with Crippen molar-refractivity contribution in [1.82, 2.24) is 5.32 Å². The van der Waals surface area contributed by atoms with E-state index in [0.717, 1.165) is 31.2 Å². The second-order valence-electron chi connectivity index (χ2n) is 4.55. The van der Waals surface area contributed by atoms with Crippen LogP contribution >= 0.6 is 11.8 Å². The van der Waals surface area contributed by atoms with E-state index in [-0.39, 0.29) is 6.10 Å². The quantitative estimate of drug-likeness (QED) is 0.629. The lowest BCUT2D eigenvalue weighted by molar-refractivity contribution is 0.196. The molecular weight excluding hydrogens is 206 g/mol. The van der Waals surface area contributed by atoms with Gasteiger partial charge in [-0.25, -0.2) is 0 Å². The van der Waals surface area contributed by atoms with Crippen LogP contribution in [0.25, 0.3) is 0 Å². The number of hydrogen-bond acceptors (Lipinski definition) is 3. The standard InChI is InChI=1S/C12H25NOS/c1-2-7-13-8-12(14)10-15-9-11-5-3-4-6-11/h11-14H,2-10H2,1H3. The van der Waals surface area contributed by atoms with E-state index in [2.05, 4.69) is 12.2 Å². The Labute approximate surface area is 98.2 Å². The molecule has 0 amide bonds. The summed E-state index contributed by atoms with van der Waals surface area (Å²) >= 11 is 1.93. The van der Waals surface area contributed by atoms with Gasteiger partial charge < -0.3 is 10.4 Å². The van der Waals surface area contributed by atoms with Crippen LogP contribution in [0.2, 0.25) is 0 Å². The summed E-state index contributed by atoms with van der Waals surface area (Å²) in [6, 6.07) is 0. The Hall–Kier alpha value is 0.270. The maximum absolute atomic E-state index is 9.67. The van der Waals surface area contributed by atoms with Crippen molar-refractivity contribution in [2.75, 3.05) is 24.6 Å². The summed E-state index contributed by atoms with van der Waals surface area (Å²) in [7, 11) is 0. The van der Waals surface area contributed by atoms with Crippen LogP contribution in [0, 0.1) is 5.92 Å². The Kier molecular flexibility index (Phi) is 7.49. The maximum atomic E-state index is 9.67. The van der Waals surface area contributed by atoms with Gasteiger partial charge in [-0.2, -0.15) is 11.8 Å². The fourth-order valence-corrected chi connectivity index (χ4v) is 3.24. The summed E-state index contributed by atoms with van der Waals surface area (Å²) < 4.78 is 0. The lowest BCUT2D eigenvalue weighted by atomic mass is 10.1. The van der Waals surface area contributed by atoms with Crippen molar-refractivity contribution < 1.29 is 5.11 Å². The summed E-state index contributed by atoms with van der Waals surface area (Å²) in [6.07, 6.45) is 6.65. The predicted octanol–water partition coefficient (Wildman–Crippen LogP) is 2.27. The highest BCUT2D eigenvalue weighted by Gasteiger charge is 2.15. The minimum Gasteiger partial charge on any atom is -0.391 e. The zero-order valence-electron chi connectivity index (χ0n) is 9.87. The molecule has 0 aromatic carbocycles. The summed E-state index contributed by atoms with van der Waals surface area (Å²) in [5.41, 5.74) is 0. The van der Waals surface area contributed by atoms with Gasteiger partial charge >= 0.3 is 0 Å². The number of hydrogen-bond donors (Lipinski definition) is 2. The van der Waals surface area contributed by atoms with Crippen LogP contribution in [-0.2, 0) is 0 Å². The van der Waals surface area contributed by atoms with E-state index in [9.17, 15) is 5.11 Å². The van der Waals surface area contributed by atoms with Crippen molar-refractivity contribution in [3.63, 3.8) is 0 Å². The minimum absolute atomic E-state index is 0.164. The molecule has 0 spiro atoms. The molecule has 0 aliphatic heterocycles. The zero-order chi connectivity index (χ0) is 10.9. The van der Waals surface area contributed by atoms with E-state index < -0.39 is 0 Å². The van der Waals surface area contributed by atoms with Crippen LogP contribution in [0.4, 0.5) is 0 Å².